The lowest BCUT2D eigenvalue weighted by atomic mass is 10.2. The van der Waals surface area contributed by atoms with Gasteiger partial charge in [-0.2, -0.15) is 5.10 Å². The van der Waals surface area contributed by atoms with E-state index < -0.39 is 18.5 Å². The molecule has 1 aromatic carbocycles. The summed E-state index contributed by atoms with van der Waals surface area (Å²) in [5.41, 5.74) is 1.08. The van der Waals surface area contributed by atoms with E-state index in [2.05, 4.69) is 20.6 Å². The van der Waals surface area contributed by atoms with Crippen LogP contribution in [0.15, 0.2) is 47.5 Å². The maximum atomic E-state index is 11.9. The van der Waals surface area contributed by atoms with Gasteiger partial charge in [-0.25, -0.2) is 14.5 Å². The van der Waals surface area contributed by atoms with Crippen LogP contribution in [0.4, 0.5) is 5.82 Å². The van der Waals surface area contributed by atoms with E-state index in [1.54, 1.807) is 48.3 Å². The molecule has 3 rings (SSSR count). The standard InChI is InChI=1S/C15H13N5O4/c1-10-6-13(19-24-10)18-14(21)7-23-15(22)11-2-4-12(5-3-11)20-9-16-8-17-20/h2-6,8-9H,7H2,1H3,(H,18,19,21). The van der Waals surface area contributed by atoms with Crippen LogP contribution in [-0.2, 0) is 9.53 Å². The Hall–Kier alpha value is -3.49. The van der Waals surface area contributed by atoms with Gasteiger partial charge in [0.15, 0.2) is 12.4 Å². The molecule has 2 aromatic heterocycles. The van der Waals surface area contributed by atoms with E-state index in [-0.39, 0.29) is 5.82 Å². The van der Waals surface area contributed by atoms with Crippen molar-refractivity contribution in [3.05, 3.63) is 54.3 Å². The quantitative estimate of drug-likeness (QED) is 0.704. The molecular weight excluding hydrogens is 314 g/mol. The minimum atomic E-state index is -0.605. The number of nitrogens with one attached hydrogen (secondary N) is 1. The summed E-state index contributed by atoms with van der Waals surface area (Å²) in [4.78, 5) is 27.5. The molecule has 24 heavy (non-hydrogen) atoms. The zero-order chi connectivity index (χ0) is 16.9. The molecule has 0 saturated heterocycles. The van der Waals surface area contributed by atoms with Crippen molar-refractivity contribution >= 4 is 17.7 Å². The van der Waals surface area contributed by atoms with Crippen molar-refractivity contribution in [1.82, 2.24) is 19.9 Å². The first-order valence-corrected chi connectivity index (χ1v) is 6.97. The summed E-state index contributed by atoms with van der Waals surface area (Å²) in [6.07, 6.45) is 2.96. The lowest BCUT2D eigenvalue weighted by molar-refractivity contribution is -0.119. The number of esters is 1. The van der Waals surface area contributed by atoms with Gasteiger partial charge in [-0.05, 0) is 31.2 Å². The van der Waals surface area contributed by atoms with E-state index in [1.165, 1.54) is 6.33 Å². The Kier molecular flexibility index (Phi) is 4.32. The summed E-state index contributed by atoms with van der Waals surface area (Å²) in [5.74, 6) is -0.275. The molecule has 0 fully saturated rings. The molecule has 0 atom stereocenters. The maximum absolute atomic E-state index is 11.9. The monoisotopic (exact) mass is 327 g/mol. The number of nitrogens with zero attached hydrogens (tertiary/aromatic N) is 4. The predicted octanol–water partition coefficient (Wildman–Crippen LogP) is 1.36. The highest BCUT2D eigenvalue weighted by Crippen LogP contribution is 2.10. The highest BCUT2D eigenvalue weighted by Gasteiger charge is 2.12. The summed E-state index contributed by atoms with van der Waals surface area (Å²) in [6, 6.07) is 8.12. The molecule has 0 aliphatic rings. The molecule has 3 aromatic rings. The normalized spacial score (nSPS) is 10.4. The van der Waals surface area contributed by atoms with Gasteiger partial charge in [0.2, 0.25) is 0 Å². The average Bonchev–Trinajstić information content (AvgIpc) is 3.25. The van der Waals surface area contributed by atoms with Crippen molar-refractivity contribution in [2.75, 3.05) is 11.9 Å². The Morgan fingerprint density at radius 3 is 2.71 bits per heavy atom. The van der Waals surface area contributed by atoms with Crippen LogP contribution in [-0.4, -0.2) is 38.4 Å². The minimum absolute atomic E-state index is 0.269. The third-order valence-electron chi connectivity index (χ3n) is 3.02. The molecule has 0 saturated carbocycles. The number of hydrogen-bond donors (Lipinski definition) is 1. The number of carbonyl (C=O) groups is 2. The third-order valence-corrected chi connectivity index (χ3v) is 3.02. The Labute approximate surface area is 136 Å². The maximum Gasteiger partial charge on any atom is 0.338 e. The molecule has 2 heterocycles. The summed E-state index contributed by atoms with van der Waals surface area (Å²) >= 11 is 0. The highest BCUT2D eigenvalue weighted by atomic mass is 16.5. The molecule has 0 aliphatic carbocycles. The molecular formula is C15H13N5O4. The third kappa shape index (κ3) is 3.64. The molecule has 1 N–H and O–H groups in total. The first-order chi connectivity index (χ1) is 11.6. The number of carbonyl (C=O) groups excluding carboxylic acids is 2. The molecule has 0 unspecified atom stereocenters. The van der Waals surface area contributed by atoms with Crippen molar-refractivity contribution in [3.8, 4) is 5.69 Å². The van der Waals surface area contributed by atoms with Crippen LogP contribution in [0.3, 0.4) is 0 Å². The van der Waals surface area contributed by atoms with E-state index in [0.717, 1.165) is 5.69 Å². The fourth-order valence-electron chi connectivity index (χ4n) is 1.91. The molecule has 0 spiro atoms. The summed E-state index contributed by atoms with van der Waals surface area (Å²) in [6.45, 7) is 1.28. The van der Waals surface area contributed by atoms with Crippen LogP contribution in [0.5, 0.6) is 0 Å². The van der Waals surface area contributed by atoms with E-state index in [0.29, 0.717) is 11.3 Å². The average molecular weight is 327 g/mol. The van der Waals surface area contributed by atoms with Gasteiger partial charge in [0.1, 0.15) is 18.4 Å². The predicted molar refractivity (Wildman–Crippen MR) is 81.5 cm³/mol. The number of aromatic nitrogens is 4. The lowest BCUT2D eigenvalue weighted by Gasteiger charge is -2.05. The Morgan fingerprint density at radius 1 is 1.29 bits per heavy atom. The van der Waals surface area contributed by atoms with Crippen molar-refractivity contribution in [3.63, 3.8) is 0 Å². The molecule has 0 aliphatic heterocycles. The first kappa shape index (κ1) is 15.4. The lowest BCUT2D eigenvalue weighted by Crippen LogP contribution is -2.21. The van der Waals surface area contributed by atoms with Gasteiger partial charge in [-0.3, -0.25) is 4.79 Å². The highest BCUT2D eigenvalue weighted by molar-refractivity contribution is 5.95. The summed E-state index contributed by atoms with van der Waals surface area (Å²) < 4.78 is 11.3. The van der Waals surface area contributed by atoms with Crippen LogP contribution in [0.2, 0.25) is 0 Å². The number of hydrogen-bond acceptors (Lipinski definition) is 7. The van der Waals surface area contributed by atoms with Crippen LogP contribution >= 0.6 is 0 Å². The van der Waals surface area contributed by atoms with E-state index in [1.807, 2.05) is 0 Å². The number of ether oxygens (including phenoxy) is 1. The molecule has 122 valence electrons. The SMILES string of the molecule is Cc1cc(NC(=O)COC(=O)c2ccc(-n3cncn3)cc2)no1. The van der Waals surface area contributed by atoms with Crippen LogP contribution in [0.25, 0.3) is 5.69 Å². The number of rotatable bonds is 5. The fourth-order valence-corrected chi connectivity index (χ4v) is 1.91. The molecule has 9 heteroatoms. The molecule has 0 radical (unpaired) electrons. The second kappa shape index (κ2) is 6.73. The number of anilines is 1. The van der Waals surface area contributed by atoms with Crippen LogP contribution in [0, 0.1) is 6.92 Å². The van der Waals surface area contributed by atoms with Crippen LogP contribution in [0.1, 0.15) is 16.1 Å². The Balaban J connectivity index is 1.54. The van der Waals surface area contributed by atoms with Crippen molar-refractivity contribution < 1.29 is 18.8 Å². The van der Waals surface area contributed by atoms with Crippen molar-refractivity contribution in [1.29, 1.82) is 0 Å². The van der Waals surface area contributed by atoms with Gasteiger partial charge in [-0.1, -0.05) is 5.16 Å². The Bertz CT molecular complexity index is 839. The van der Waals surface area contributed by atoms with Gasteiger partial charge in [-0.15, -0.1) is 0 Å². The summed E-state index contributed by atoms with van der Waals surface area (Å²) in [5, 5.41) is 10.1. The van der Waals surface area contributed by atoms with Crippen LogP contribution < -0.4 is 5.32 Å². The number of amides is 1. The van der Waals surface area contributed by atoms with Gasteiger partial charge in [0, 0.05) is 6.07 Å². The van der Waals surface area contributed by atoms with Crippen molar-refractivity contribution in [2.45, 2.75) is 6.92 Å². The van der Waals surface area contributed by atoms with Gasteiger partial charge < -0.3 is 14.6 Å². The number of aryl methyl sites for hydroxylation is 1. The second-order valence-corrected chi connectivity index (χ2v) is 4.83. The molecule has 0 bridgehead atoms. The minimum Gasteiger partial charge on any atom is -0.452 e. The largest absolute Gasteiger partial charge is 0.452 e. The van der Waals surface area contributed by atoms with Gasteiger partial charge in [0.25, 0.3) is 5.91 Å². The number of benzene rings is 1. The molecule has 9 nitrogen and oxygen atoms in total. The molecule has 1 amide bonds. The zero-order valence-electron chi connectivity index (χ0n) is 12.7. The van der Waals surface area contributed by atoms with Gasteiger partial charge >= 0.3 is 5.97 Å². The van der Waals surface area contributed by atoms with Gasteiger partial charge in [0.05, 0.1) is 11.3 Å². The van der Waals surface area contributed by atoms with E-state index in [4.69, 9.17) is 9.26 Å². The fraction of sp³-hybridized carbons (Fsp3) is 0.133. The first-order valence-electron chi connectivity index (χ1n) is 6.97. The van der Waals surface area contributed by atoms with E-state index in [9.17, 15) is 9.59 Å². The van der Waals surface area contributed by atoms with E-state index >= 15 is 0 Å². The Morgan fingerprint density at radius 2 is 2.08 bits per heavy atom. The topological polar surface area (TPSA) is 112 Å². The summed E-state index contributed by atoms with van der Waals surface area (Å²) in [7, 11) is 0. The smallest absolute Gasteiger partial charge is 0.338 e. The zero-order valence-corrected chi connectivity index (χ0v) is 12.7. The van der Waals surface area contributed by atoms with Crippen molar-refractivity contribution in [2.24, 2.45) is 0 Å². The second-order valence-electron chi connectivity index (χ2n) is 4.83.